The molecule has 1 N–H and O–H groups in total. The van der Waals surface area contributed by atoms with Gasteiger partial charge in [-0.1, -0.05) is 25.8 Å². The van der Waals surface area contributed by atoms with E-state index in [2.05, 4.69) is 32.7 Å². The van der Waals surface area contributed by atoms with Gasteiger partial charge in [0.2, 0.25) is 0 Å². The average molecular weight is 237 g/mol. The summed E-state index contributed by atoms with van der Waals surface area (Å²) < 4.78 is 0. The highest BCUT2D eigenvalue weighted by atomic mass is 14.9. The summed E-state index contributed by atoms with van der Waals surface area (Å²) in [6.07, 6.45) is 8.13. The van der Waals surface area contributed by atoms with Gasteiger partial charge in [-0.25, -0.2) is 0 Å². The maximum Gasteiger partial charge on any atom is -0.00179 e. The molecule has 0 aliphatic heterocycles. The zero-order valence-electron chi connectivity index (χ0n) is 12.1. The molecular formula is C16H31N. The fourth-order valence-corrected chi connectivity index (χ4v) is 3.08. The molecule has 1 saturated carbocycles. The van der Waals surface area contributed by atoms with E-state index in [1.54, 1.807) is 0 Å². The molecule has 0 heterocycles. The number of hydrogen-bond acceptors (Lipinski definition) is 1. The molecule has 1 nitrogen and oxygen atoms in total. The van der Waals surface area contributed by atoms with Crippen LogP contribution >= 0.6 is 0 Å². The third kappa shape index (κ3) is 5.72. The first-order valence-electron chi connectivity index (χ1n) is 7.48. The van der Waals surface area contributed by atoms with Gasteiger partial charge in [-0.15, -0.1) is 6.58 Å². The van der Waals surface area contributed by atoms with E-state index in [0.717, 1.165) is 17.8 Å². The summed E-state index contributed by atoms with van der Waals surface area (Å²) in [5, 5.41) is 3.61. The van der Waals surface area contributed by atoms with Crippen molar-refractivity contribution < 1.29 is 0 Å². The van der Waals surface area contributed by atoms with Gasteiger partial charge < -0.3 is 5.32 Å². The molecule has 0 saturated heterocycles. The number of hydrogen-bond donors (Lipinski definition) is 1. The Labute approximate surface area is 108 Å². The Morgan fingerprint density at radius 2 is 2.06 bits per heavy atom. The van der Waals surface area contributed by atoms with Gasteiger partial charge in [0.1, 0.15) is 0 Å². The SMILES string of the molecule is C=C(C)CCC1CC(C)CCC1CNCCC. The molecule has 3 atom stereocenters. The van der Waals surface area contributed by atoms with Crippen molar-refractivity contribution in [3.8, 4) is 0 Å². The maximum absolute atomic E-state index is 4.04. The van der Waals surface area contributed by atoms with E-state index in [9.17, 15) is 0 Å². The molecule has 0 aromatic rings. The largest absolute Gasteiger partial charge is 0.316 e. The van der Waals surface area contributed by atoms with Crippen molar-refractivity contribution in [3.05, 3.63) is 12.2 Å². The molecule has 0 spiro atoms. The van der Waals surface area contributed by atoms with Crippen LogP contribution in [-0.2, 0) is 0 Å². The van der Waals surface area contributed by atoms with E-state index in [0.29, 0.717) is 0 Å². The standard InChI is InChI=1S/C16H31N/c1-5-10-17-12-16-9-7-14(4)11-15(16)8-6-13(2)3/h14-17H,2,5-12H2,1,3-4H3. The molecule has 0 radical (unpaired) electrons. The summed E-state index contributed by atoms with van der Waals surface area (Å²) in [6.45, 7) is 13.3. The van der Waals surface area contributed by atoms with Crippen LogP contribution in [0.3, 0.4) is 0 Å². The minimum atomic E-state index is 0.914. The highest BCUT2D eigenvalue weighted by Crippen LogP contribution is 2.36. The van der Waals surface area contributed by atoms with Crippen molar-refractivity contribution in [2.45, 2.75) is 59.3 Å². The predicted molar refractivity (Wildman–Crippen MR) is 77.2 cm³/mol. The first-order chi connectivity index (χ1) is 8.13. The van der Waals surface area contributed by atoms with E-state index < -0.39 is 0 Å². The van der Waals surface area contributed by atoms with Gasteiger partial charge in [0.15, 0.2) is 0 Å². The van der Waals surface area contributed by atoms with Crippen molar-refractivity contribution in [3.63, 3.8) is 0 Å². The van der Waals surface area contributed by atoms with Crippen molar-refractivity contribution in [1.82, 2.24) is 5.32 Å². The van der Waals surface area contributed by atoms with Gasteiger partial charge in [0, 0.05) is 0 Å². The van der Waals surface area contributed by atoms with Gasteiger partial charge in [-0.3, -0.25) is 0 Å². The van der Waals surface area contributed by atoms with Gasteiger partial charge in [-0.05, 0) is 69.9 Å². The van der Waals surface area contributed by atoms with E-state index in [-0.39, 0.29) is 0 Å². The van der Waals surface area contributed by atoms with Crippen LogP contribution in [0.15, 0.2) is 12.2 Å². The zero-order chi connectivity index (χ0) is 12.7. The average Bonchev–Trinajstić information content (AvgIpc) is 2.29. The van der Waals surface area contributed by atoms with Crippen molar-refractivity contribution >= 4 is 0 Å². The summed E-state index contributed by atoms with van der Waals surface area (Å²) in [7, 11) is 0. The smallest absolute Gasteiger partial charge is 0.00179 e. The van der Waals surface area contributed by atoms with Gasteiger partial charge in [0.05, 0.1) is 0 Å². The first-order valence-corrected chi connectivity index (χ1v) is 7.48. The Kier molecular flexibility index (Phi) is 6.87. The van der Waals surface area contributed by atoms with Crippen LogP contribution < -0.4 is 5.32 Å². The van der Waals surface area contributed by atoms with Gasteiger partial charge in [-0.2, -0.15) is 0 Å². The Bertz CT molecular complexity index is 222. The molecule has 1 fully saturated rings. The van der Waals surface area contributed by atoms with Crippen molar-refractivity contribution in [2.24, 2.45) is 17.8 Å². The molecule has 0 aromatic heterocycles. The Balaban J connectivity index is 2.37. The summed E-state index contributed by atoms with van der Waals surface area (Å²) in [5.74, 6) is 2.78. The lowest BCUT2D eigenvalue weighted by atomic mass is 9.72. The fourth-order valence-electron chi connectivity index (χ4n) is 3.08. The fraction of sp³-hybridized carbons (Fsp3) is 0.875. The summed E-state index contributed by atoms with van der Waals surface area (Å²) in [4.78, 5) is 0. The van der Waals surface area contributed by atoms with Crippen LogP contribution in [0.5, 0.6) is 0 Å². The molecule has 1 heteroatoms. The molecule has 1 aliphatic carbocycles. The molecule has 1 rings (SSSR count). The highest BCUT2D eigenvalue weighted by molar-refractivity contribution is 4.90. The van der Waals surface area contributed by atoms with Crippen molar-refractivity contribution in [1.29, 1.82) is 0 Å². The monoisotopic (exact) mass is 237 g/mol. The van der Waals surface area contributed by atoms with Gasteiger partial charge in [0.25, 0.3) is 0 Å². The van der Waals surface area contributed by atoms with Gasteiger partial charge >= 0.3 is 0 Å². The third-order valence-electron chi connectivity index (χ3n) is 4.18. The third-order valence-corrected chi connectivity index (χ3v) is 4.18. The van der Waals surface area contributed by atoms with Crippen LogP contribution in [-0.4, -0.2) is 13.1 Å². The molecule has 3 unspecified atom stereocenters. The lowest BCUT2D eigenvalue weighted by Gasteiger charge is -2.35. The molecule has 0 aromatic carbocycles. The second kappa shape index (κ2) is 7.92. The van der Waals surface area contributed by atoms with Crippen LogP contribution in [0, 0.1) is 17.8 Å². The zero-order valence-corrected chi connectivity index (χ0v) is 12.1. The molecule has 0 amide bonds. The Morgan fingerprint density at radius 3 is 2.71 bits per heavy atom. The topological polar surface area (TPSA) is 12.0 Å². The van der Waals surface area contributed by atoms with E-state index in [1.807, 2.05) is 0 Å². The Hall–Kier alpha value is -0.300. The number of rotatable bonds is 7. The second-order valence-electron chi connectivity index (χ2n) is 6.14. The molecule has 0 bridgehead atoms. The van der Waals surface area contributed by atoms with E-state index in [1.165, 1.54) is 57.2 Å². The maximum atomic E-state index is 4.04. The highest BCUT2D eigenvalue weighted by Gasteiger charge is 2.27. The number of allylic oxidation sites excluding steroid dienone is 1. The lowest BCUT2D eigenvalue weighted by Crippen LogP contribution is -2.33. The summed E-state index contributed by atoms with van der Waals surface area (Å²) in [6, 6.07) is 0. The van der Waals surface area contributed by atoms with Crippen LogP contribution in [0.25, 0.3) is 0 Å². The number of nitrogens with one attached hydrogen (secondary N) is 1. The van der Waals surface area contributed by atoms with Crippen molar-refractivity contribution in [2.75, 3.05) is 13.1 Å². The van der Waals surface area contributed by atoms with Crippen LogP contribution in [0.4, 0.5) is 0 Å². The minimum absolute atomic E-state index is 0.914. The minimum Gasteiger partial charge on any atom is -0.316 e. The lowest BCUT2D eigenvalue weighted by molar-refractivity contribution is 0.175. The molecule has 1 aliphatic rings. The quantitative estimate of drug-likeness (QED) is 0.511. The second-order valence-corrected chi connectivity index (χ2v) is 6.14. The molecular weight excluding hydrogens is 206 g/mol. The predicted octanol–water partition coefficient (Wildman–Crippen LogP) is 4.39. The summed E-state index contributed by atoms with van der Waals surface area (Å²) >= 11 is 0. The first kappa shape index (κ1) is 14.8. The van der Waals surface area contributed by atoms with Crippen LogP contribution in [0.1, 0.15) is 59.3 Å². The van der Waals surface area contributed by atoms with Crippen LogP contribution in [0.2, 0.25) is 0 Å². The normalized spacial score (nSPS) is 29.2. The summed E-state index contributed by atoms with van der Waals surface area (Å²) in [5.41, 5.74) is 1.35. The van der Waals surface area contributed by atoms with E-state index in [4.69, 9.17) is 0 Å². The van der Waals surface area contributed by atoms with E-state index >= 15 is 0 Å². The Morgan fingerprint density at radius 1 is 1.29 bits per heavy atom. The molecule has 17 heavy (non-hydrogen) atoms. The molecule has 100 valence electrons.